The first-order valence-electron chi connectivity index (χ1n) is 7.09. The Bertz CT molecular complexity index is 823. The molecule has 2 aromatic carbocycles. The van der Waals surface area contributed by atoms with E-state index in [1.165, 1.54) is 43.3 Å². The van der Waals surface area contributed by atoms with Crippen LogP contribution >= 0.6 is 11.6 Å². The van der Waals surface area contributed by atoms with Gasteiger partial charge in [-0.15, -0.1) is 0 Å². The topological polar surface area (TPSA) is 125 Å². The van der Waals surface area contributed by atoms with Crippen LogP contribution in [-0.2, 0) is 9.53 Å². The molecule has 0 unspecified atom stereocenters. The highest BCUT2D eigenvalue weighted by molar-refractivity contribution is 6.34. The van der Waals surface area contributed by atoms with Crippen molar-refractivity contribution in [1.29, 1.82) is 0 Å². The molecule has 0 saturated carbocycles. The van der Waals surface area contributed by atoms with Crippen LogP contribution in [0.1, 0.15) is 17.3 Å². The number of hydrogen-bond donors (Lipinski definition) is 2. The molecule has 9 heteroatoms. The van der Waals surface area contributed by atoms with Crippen LogP contribution in [-0.4, -0.2) is 22.9 Å². The number of nitrogens with zero attached hydrogens (tertiary/aromatic N) is 1. The molecule has 0 radical (unpaired) electrons. The van der Waals surface area contributed by atoms with E-state index in [0.29, 0.717) is 5.69 Å². The van der Waals surface area contributed by atoms with Gasteiger partial charge in [0.15, 0.2) is 6.10 Å². The van der Waals surface area contributed by atoms with Gasteiger partial charge >= 0.3 is 5.97 Å². The Hall–Kier alpha value is -3.13. The Morgan fingerprint density at radius 3 is 2.44 bits per heavy atom. The first-order chi connectivity index (χ1) is 11.8. The highest BCUT2D eigenvalue weighted by Crippen LogP contribution is 2.26. The largest absolute Gasteiger partial charge is 0.449 e. The number of rotatable bonds is 5. The number of anilines is 2. The number of nitro groups is 1. The van der Waals surface area contributed by atoms with Crippen LogP contribution in [0.3, 0.4) is 0 Å². The zero-order chi connectivity index (χ0) is 18.6. The maximum Gasteiger partial charge on any atom is 0.338 e. The van der Waals surface area contributed by atoms with E-state index < -0.39 is 22.9 Å². The SMILES string of the molecule is C[C@@H](OC(=O)c1ccc(N)cc1)C(=O)Nc1ccc([N+](=O)[O-])cc1Cl. The monoisotopic (exact) mass is 363 g/mol. The maximum atomic E-state index is 12.1. The summed E-state index contributed by atoms with van der Waals surface area (Å²) in [6.45, 7) is 1.39. The summed E-state index contributed by atoms with van der Waals surface area (Å²) < 4.78 is 5.07. The molecule has 1 atom stereocenters. The molecular formula is C16H14ClN3O5. The van der Waals surface area contributed by atoms with E-state index in [1.54, 1.807) is 0 Å². The van der Waals surface area contributed by atoms with Crippen molar-refractivity contribution in [1.82, 2.24) is 0 Å². The summed E-state index contributed by atoms with van der Waals surface area (Å²) in [5, 5.41) is 13.1. The Morgan fingerprint density at radius 1 is 1.24 bits per heavy atom. The van der Waals surface area contributed by atoms with Crippen LogP contribution in [0.25, 0.3) is 0 Å². The predicted molar refractivity (Wildman–Crippen MR) is 92.5 cm³/mol. The Balaban J connectivity index is 2.01. The second kappa shape index (κ2) is 7.63. The van der Waals surface area contributed by atoms with Gasteiger partial charge in [0.25, 0.3) is 11.6 Å². The molecule has 0 aliphatic rings. The molecule has 0 saturated heterocycles. The van der Waals surface area contributed by atoms with Crippen LogP contribution in [0.5, 0.6) is 0 Å². The summed E-state index contributed by atoms with van der Waals surface area (Å²) in [5.74, 6) is -1.31. The lowest BCUT2D eigenvalue weighted by molar-refractivity contribution is -0.384. The third-order valence-electron chi connectivity index (χ3n) is 3.22. The molecule has 0 aliphatic carbocycles. The smallest absolute Gasteiger partial charge is 0.338 e. The Morgan fingerprint density at radius 2 is 1.88 bits per heavy atom. The second-order valence-corrected chi connectivity index (χ2v) is 5.49. The van der Waals surface area contributed by atoms with Gasteiger partial charge in [-0.3, -0.25) is 14.9 Å². The van der Waals surface area contributed by atoms with Gasteiger partial charge in [0.05, 0.1) is 21.2 Å². The minimum atomic E-state index is -1.10. The van der Waals surface area contributed by atoms with Crippen molar-refractivity contribution in [3.63, 3.8) is 0 Å². The first kappa shape index (κ1) is 18.2. The molecule has 0 spiro atoms. The lowest BCUT2D eigenvalue weighted by Crippen LogP contribution is -2.30. The third kappa shape index (κ3) is 4.67. The van der Waals surface area contributed by atoms with Crippen LogP contribution in [0.4, 0.5) is 17.1 Å². The van der Waals surface area contributed by atoms with Gasteiger partial charge in [0, 0.05) is 17.8 Å². The van der Waals surface area contributed by atoms with Crippen molar-refractivity contribution in [3.05, 3.63) is 63.2 Å². The van der Waals surface area contributed by atoms with Gasteiger partial charge in [-0.25, -0.2) is 4.79 Å². The fourth-order valence-electron chi connectivity index (χ4n) is 1.85. The van der Waals surface area contributed by atoms with E-state index in [9.17, 15) is 19.7 Å². The minimum Gasteiger partial charge on any atom is -0.449 e. The number of carbonyl (C=O) groups excluding carboxylic acids is 2. The van der Waals surface area contributed by atoms with E-state index >= 15 is 0 Å². The molecule has 2 rings (SSSR count). The number of benzene rings is 2. The number of carbonyl (C=O) groups is 2. The van der Waals surface area contributed by atoms with Crippen molar-refractivity contribution in [3.8, 4) is 0 Å². The van der Waals surface area contributed by atoms with Crippen LogP contribution in [0.15, 0.2) is 42.5 Å². The molecule has 0 bridgehead atoms. The molecule has 25 heavy (non-hydrogen) atoms. The third-order valence-corrected chi connectivity index (χ3v) is 3.53. The molecule has 0 aromatic heterocycles. The van der Waals surface area contributed by atoms with Crippen LogP contribution < -0.4 is 11.1 Å². The molecule has 3 N–H and O–H groups in total. The van der Waals surface area contributed by atoms with Crippen molar-refractivity contribution in [2.75, 3.05) is 11.1 Å². The van der Waals surface area contributed by atoms with Crippen molar-refractivity contribution in [2.45, 2.75) is 13.0 Å². The molecule has 0 aliphatic heterocycles. The molecule has 1 amide bonds. The number of esters is 1. The van der Waals surface area contributed by atoms with Crippen molar-refractivity contribution < 1.29 is 19.2 Å². The minimum absolute atomic E-state index is 0.000360. The number of nitrogens with one attached hydrogen (secondary N) is 1. The molecule has 0 fully saturated rings. The molecular weight excluding hydrogens is 350 g/mol. The van der Waals surface area contributed by atoms with Crippen LogP contribution in [0, 0.1) is 10.1 Å². The average molecular weight is 364 g/mol. The van der Waals surface area contributed by atoms with E-state index in [0.717, 1.165) is 6.07 Å². The Labute approximate surface area is 147 Å². The second-order valence-electron chi connectivity index (χ2n) is 5.08. The summed E-state index contributed by atoms with van der Waals surface area (Å²) in [6.07, 6.45) is -1.10. The van der Waals surface area contributed by atoms with E-state index in [-0.39, 0.29) is 22.0 Å². The Kier molecular flexibility index (Phi) is 5.56. The summed E-state index contributed by atoms with van der Waals surface area (Å²) in [4.78, 5) is 34.1. The van der Waals surface area contributed by atoms with Crippen molar-refractivity contribution in [2.24, 2.45) is 0 Å². The fourth-order valence-corrected chi connectivity index (χ4v) is 2.08. The van der Waals surface area contributed by atoms with Crippen molar-refractivity contribution >= 4 is 40.5 Å². The number of non-ortho nitro benzene ring substituents is 1. The van der Waals surface area contributed by atoms with Gasteiger partial charge in [0.1, 0.15) is 0 Å². The normalized spacial score (nSPS) is 11.4. The predicted octanol–water partition coefficient (Wildman–Crippen LogP) is 3.01. The molecule has 0 heterocycles. The van der Waals surface area contributed by atoms with Gasteiger partial charge in [-0.05, 0) is 37.3 Å². The van der Waals surface area contributed by atoms with E-state index in [2.05, 4.69) is 5.32 Å². The van der Waals surface area contributed by atoms with E-state index in [1.807, 2.05) is 0 Å². The number of ether oxygens (including phenoxy) is 1. The summed E-state index contributed by atoms with van der Waals surface area (Å²) in [7, 11) is 0. The van der Waals surface area contributed by atoms with Gasteiger partial charge in [0.2, 0.25) is 0 Å². The molecule has 130 valence electrons. The summed E-state index contributed by atoms with van der Waals surface area (Å²) in [6, 6.07) is 9.66. The lowest BCUT2D eigenvalue weighted by Gasteiger charge is -2.14. The zero-order valence-electron chi connectivity index (χ0n) is 13.1. The molecule has 8 nitrogen and oxygen atoms in total. The maximum absolute atomic E-state index is 12.1. The number of nitro benzene ring substituents is 1. The first-order valence-corrected chi connectivity index (χ1v) is 7.47. The zero-order valence-corrected chi connectivity index (χ0v) is 13.8. The number of halogens is 1. The lowest BCUT2D eigenvalue weighted by atomic mass is 10.2. The summed E-state index contributed by atoms with van der Waals surface area (Å²) >= 11 is 5.90. The molecule has 2 aromatic rings. The quantitative estimate of drug-likeness (QED) is 0.364. The van der Waals surface area contributed by atoms with E-state index in [4.69, 9.17) is 22.1 Å². The number of nitrogens with two attached hydrogens (primary N) is 1. The number of nitrogen functional groups attached to an aromatic ring is 1. The average Bonchev–Trinajstić information content (AvgIpc) is 2.56. The number of hydrogen-bond acceptors (Lipinski definition) is 6. The van der Waals surface area contributed by atoms with Gasteiger partial charge in [-0.1, -0.05) is 11.6 Å². The fraction of sp³-hybridized carbons (Fsp3) is 0.125. The van der Waals surface area contributed by atoms with Gasteiger partial charge < -0.3 is 15.8 Å². The summed E-state index contributed by atoms with van der Waals surface area (Å²) in [5.41, 5.74) is 6.25. The van der Waals surface area contributed by atoms with Crippen LogP contribution in [0.2, 0.25) is 5.02 Å². The highest BCUT2D eigenvalue weighted by Gasteiger charge is 2.20. The number of amides is 1. The highest BCUT2D eigenvalue weighted by atomic mass is 35.5. The van der Waals surface area contributed by atoms with Gasteiger partial charge in [-0.2, -0.15) is 0 Å². The standard InChI is InChI=1S/C16H14ClN3O5/c1-9(25-16(22)10-2-4-11(18)5-3-10)15(21)19-14-7-6-12(20(23)24)8-13(14)17/h2-9H,18H2,1H3,(H,19,21)/t9-/m1/s1.